The molecule has 0 aliphatic carbocycles. The van der Waals surface area contributed by atoms with Crippen LogP contribution >= 0.6 is 11.3 Å². The van der Waals surface area contributed by atoms with E-state index in [1.165, 1.54) is 16.9 Å². The van der Waals surface area contributed by atoms with Crippen LogP contribution in [0.5, 0.6) is 0 Å². The Morgan fingerprint density at radius 3 is 2.52 bits per heavy atom. The van der Waals surface area contributed by atoms with Gasteiger partial charge in [-0.2, -0.15) is 4.99 Å². The Hall–Kier alpha value is -2.66. The van der Waals surface area contributed by atoms with Gasteiger partial charge in [-0.15, -0.1) is 6.58 Å². The molecule has 0 N–H and O–H groups in total. The fourth-order valence-corrected chi connectivity index (χ4v) is 4.36. The first kappa shape index (κ1) is 19.1. The fourth-order valence-electron chi connectivity index (χ4n) is 3.25. The lowest BCUT2D eigenvalue weighted by atomic mass is 10.2. The number of carbonyl (C=O) groups excluding carboxylic acids is 1. The van der Waals surface area contributed by atoms with Gasteiger partial charge in [0.15, 0.2) is 4.80 Å². The van der Waals surface area contributed by atoms with Gasteiger partial charge in [0.2, 0.25) is 0 Å². The van der Waals surface area contributed by atoms with Crippen LogP contribution in [0.25, 0.3) is 10.2 Å². The zero-order valence-corrected chi connectivity index (χ0v) is 16.9. The minimum absolute atomic E-state index is 0.219. The molecule has 3 aromatic rings. The zero-order valence-electron chi connectivity index (χ0n) is 16.1. The van der Waals surface area contributed by atoms with Crippen molar-refractivity contribution in [2.24, 2.45) is 4.99 Å². The average Bonchev–Trinajstić information content (AvgIpc) is 3.02. The molecule has 1 heterocycles. The molecule has 0 bridgehead atoms. The summed E-state index contributed by atoms with van der Waals surface area (Å²) in [5.74, 6) is -0.219. The number of aryl methyl sites for hydroxylation is 1. The zero-order chi connectivity index (χ0) is 19.4. The van der Waals surface area contributed by atoms with Gasteiger partial charge < -0.3 is 9.47 Å². The standard InChI is InChI=1S/C22H25N3OS/c1-5-15-25-20-16(4)9-8-10-19(20)27-22(25)23-21(26)17-11-13-18(14-12-17)24(6-2)7-3/h5,8-14H,1,6-7,15H2,2-4H3. The van der Waals surface area contributed by atoms with E-state index >= 15 is 0 Å². The van der Waals surface area contributed by atoms with Crippen molar-refractivity contribution in [2.75, 3.05) is 18.0 Å². The maximum atomic E-state index is 12.7. The van der Waals surface area contributed by atoms with E-state index in [9.17, 15) is 4.79 Å². The van der Waals surface area contributed by atoms with Crippen LogP contribution in [0.15, 0.2) is 60.1 Å². The number of benzene rings is 2. The van der Waals surface area contributed by atoms with Crippen LogP contribution in [-0.4, -0.2) is 23.6 Å². The van der Waals surface area contributed by atoms with E-state index in [1.54, 1.807) is 0 Å². The van der Waals surface area contributed by atoms with Gasteiger partial charge in [-0.05, 0) is 56.7 Å². The summed E-state index contributed by atoms with van der Waals surface area (Å²) < 4.78 is 3.19. The second kappa shape index (κ2) is 8.35. The highest BCUT2D eigenvalue weighted by molar-refractivity contribution is 7.16. The molecule has 0 unspecified atom stereocenters. The van der Waals surface area contributed by atoms with Gasteiger partial charge in [-0.1, -0.05) is 29.5 Å². The molecular weight excluding hydrogens is 354 g/mol. The van der Waals surface area contributed by atoms with Crippen LogP contribution in [0.3, 0.4) is 0 Å². The van der Waals surface area contributed by atoms with Crippen LogP contribution in [0.1, 0.15) is 29.8 Å². The number of hydrogen-bond acceptors (Lipinski definition) is 3. The normalized spacial score (nSPS) is 11.7. The molecule has 140 valence electrons. The lowest BCUT2D eigenvalue weighted by Gasteiger charge is -2.20. The first-order chi connectivity index (χ1) is 13.1. The van der Waals surface area contributed by atoms with Gasteiger partial charge in [0.1, 0.15) is 0 Å². The highest BCUT2D eigenvalue weighted by Gasteiger charge is 2.11. The van der Waals surface area contributed by atoms with Crippen molar-refractivity contribution in [3.63, 3.8) is 0 Å². The smallest absolute Gasteiger partial charge is 0.279 e. The largest absolute Gasteiger partial charge is 0.372 e. The monoisotopic (exact) mass is 379 g/mol. The molecule has 27 heavy (non-hydrogen) atoms. The molecule has 0 fully saturated rings. The van der Waals surface area contributed by atoms with Crippen LogP contribution in [-0.2, 0) is 6.54 Å². The van der Waals surface area contributed by atoms with Crippen molar-refractivity contribution in [1.82, 2.24) is 4.57 Å². The quantitative estimate of drug-likeness (QED) is 0.578. The summed E-state index contributed by atoms with van der Waals surface area (Å²) in [4.78, 5) is 20.1. The molecule has 1 amide bonds. The summed E-state index contributed by atoms with van der Waals surface area (Å²) in [6.07, 6.45) is 1.83. The Balaban J connectivity index is 2.01. The van der Waals surface area contributed by atoms with E-state index in [2.05, 4.69) is 53.9 Å². The van der Waals surface area contributed by atoms with Gasteiger partial charge in [-0.25, -0.2) is 0 Å². The van der Waals surface area contributed by atoms with Crippen molar-refractivity contribution in [2.45, 2.75) is 27.3 Å². The number of hydrogen-bond donors (Lipinski definition) is 0. The van der Waals surface area contributed by atoms with Gasteiger partial charge >= 0.3 is 0 Å². The third kappa shape index (κ3) is 3.88. The molecule has 4 nitrogen and oxygen atoms in total. The lowest BCUT2D eigenvalue weighted by molar-refractivity contribution is 0.0998. The van der Waals surface area contributed by atoms with Crippen LogP contribution in [0.4, 0.5) is 5.69 Å². The number of anilines is 1. The molecule has 2 aromatic carbocycles. The number of rotatable bonds is 6. The Bertz CT molecular complexity index is 1020. The summed E-state index contributed by atoms with van der Waals surface area (Å²) in [7, 11) is 0. The molecule has 0 radical (unpaired) electrons. The second-order valence-corrected chi connectivity index (χ2v) is 7.35. The number of allylic oxidation sites excluding steroid dienone is 1. The van der Waals surface area contributed by atoms with Crippen molar-refractivity contribution < 1.29 is 4.79 Å². The number of amides is 1. The van der Waals surface area contributed by atoms with E-state index in [-0.39, 0.29) is 5.91 Å². The first-order valence-corrected chi connectivity index (χ1v) is 10.0. The highest BCUT2D eigenvalue weighted by Crippen LogP contribution is 2.21. The van der Waals surface area contributed by atoms with Crippen LogP contribution in [0.2, 0.25) is 0 Å². The van der Waals surface area contributed by atoms with E-state index in [1.807, 2.05) is 36.4 Å². The lowest BCUT2D eigenvalue weighted by Crippen LogP contribution is -2.21. The maximum Gasteiger partial charge on any atom is 0.279 e. The van der Waals surface area contributed by atoms with Gasteiger partial charge in [0.25, 0.3) is 5.91 Å². The summed E-state index contributed by atoms with van der Waals surface area (Å²) in [5, 5.41) is 0. The van der Waals surface area contributed by atoms with Crippen molar-refractivity contribution in [3.05, 3.63) is 71.0 Å². The predicted octanol–water partition coefficient (Wildman–Crippen LogP) is 4.78. The maximum absolute atomic E-state index is 12.7. The summed E-state index contributed by atoms with van der Waals surface area (Å²) in [5.41, 5.74) is 4.01. The Morgan fingerprint density at radius 1 is 1.19 bits per heavy atom. The summed E-state index contributed by atoms with van der Waals surface area (Å²) in [6.45, 7) is 12.7. The van der Waals surface area contributed by atoms with E-state index in [0.29, 0.717) is 16.9 Å². The Morgan fingerprint density at radius 2 is 1.89 bits per heavy atom. The van der Waals surface area contributed by atoms with E-state index < -0.39 is 0 Å². The van der Waals surface area contributed by atoms with Gasteiger partial charge in [0, 0.05) is 30.9 Å². The number of nitrogens with zero attached hydrogens (tertiary/aromatic N) is 3. The predicted molar refractivity (Wildman–Crippen MR) is 115 cm³/mol. The Kier molecular flexibility index (Phi) is 5.91. The molecule has 0 saturated carbocycles. The second-order valence-electron chi connectivity index (χ2n) is 6.34. The first-order valence-electron chi connectivity index (χ1n) is 9.23. The van der Waals surface area contributed by atoms with Crippen LogP contribution in [0, 0.1) is 6.92 Å². The van der Waals surface area contributed by atoms with Gasteiger partial charge in [0.05, 0.1) is 10.2 Å². The average molecular weight is 380 g/mol. The van der Waals surface area contributed by atoms with Crippen molar-refractivity contribution in [1.29, 1.82) is 0 Å². The molecule has 0 spiro atoms. The number of aromatic nitrogens is 1. The molecule has 0 aliphatic heterocycles. The minimum atomic E-state index is -0.219. The molecule has 1 aromatic heterocycles. The minimum Gasteiger partial charge on any atom is -0.372 e. The third-order valence-electron chi connectivity index (χ3n) is 4.65. The molecule has 0 atom stereocenters. The highest BCUT2D eigenvalue weighted by atomic mass is 32.1. The number of para-hydroxylation sites is 1. The Labute approximate surface area is 164 Å². The van der Waals surface area contributed by atoms with Gasteiger partial charge in [-0.3, -0.25) is 4.79 Å². The SMILES string of the molecule is C=CCn1c(=NC(=O)c2ccc(N(CC)CC)cc2)sc2cccc(C)c21. The number of fused-ring (bicyclic) bond motifs is 1. The molecule has 3 rings (SSSR count). The van der Waals surface area contributed by atoms with Crippen molar-refractivity contribution in [3.8, 4) is 0 Å². The third-order valence-corrected chi connectivity index (χ3v) is 5.70. The molecule has 5 heteroatoms. The number of carbonyl (C=O) groups is 1. The summed E-state index contributed by atoms with van der Waals surface area (Å²) >= 11 is 1.54. The van der Waals surface area contributed by atoms with E-state index in [4.69, 9.17) is 0 Å². The van der Waals surface area contributed by atoms with Crippen molar-refractivity contribution >= 4 is 33.1 Å². The molecule has 0 aliphatic rings. The topological polar surface area (TPSA) is 37.6 Å². The molecule has 0 saturated heterocycles. The molecular formula is C22H25N3OS. The van der Waals surface area contributed by atoms with E-state index in [0.717, 1.165) is 29.0 Å². The fraction of sp³-hybridized carbons (Fsp3) is 0.273. The van der Waals surface area contributed by atoms with Crippen LogP contribution < -0.4 is 9.70 Å². The summed E-state index contributed by atoms with van der Waals surface area (Å²) in [6, 6.07) is 13.9. The number of thiazole rings is 1.